The molecule has 6 nitrogen and oxygen atoms in total. The molecule has 1 amide bonds. The van der Waals surface area contributed by atoms with Gasteiger partial charge in [-0.1, -0.05) is 27.7 Å². The summed E-state index contributed by atoms with van der Waals surface area (Å²) in [7, 11) is 1.22. The van der Waals surface area contributed by atoms with Gasteiger partial charge in [-0.2, -0.15) is 4.31 Å². The van der Waals surface area contributed by atoms with E-state index in [1.54, 1.807) is 20.8 Å². The summed E-state index contributed by atoms with van der Waals surface area (Å²) >= 11 is 3.74. The van der Waals surface area contributed by atoms with E-state index >= 15 is 0 Å². The van der Waals surface area contributed by atoms with Gasteiger partial charge in [-0.3, -0.25) is 9.79 Å². The first-order chi connectivity index (χ1) is 13.1. The molecule has 1 aromatic rings. The summed E-state index contributed by atoms with van der Waals surface area (Å²) in [4.78, 5) is 28.8. The lowest BCUT2D eigenvalue weighted by molar-refractivity contribution is -0.140. The third-order valence-corrected chi connectivity index (χ3v) is 5.77. The Labute approximate surface area is 179 Å². The summed E-state index contributed by atoms with van der Waals surface area (Å²) < 4.78 is 39.1. The van der Waals surface area contributed by atoms with Crippen molar-refractivity contribution >= 4 is 57.3 Å². The molecular weight excluding hydrogens is 478 g/mol. The van der Waals surface area contributed by atoms with Gasteiger partial charge in [-0.25, -0.2) is 9.18 Å². The summed E-state index contributed by atoms with van der Waals surface area (Å²) in [6.45, 7) is 4.91. The quantitative estimate of drug-likeness (QED) is 0.410. The first kappa shape index (κ1) is 23.0. The summed E-state index contributed by atoms with van der Waals surface area (Å²) in [5, 5.41) is -0.897. The predicted octanol–water partition coefficient (Wildman–Crippen LogP) is 5.43. The summed E-state index contributed by atoms with van der Waals surface area (Å²) in [6.07, 6.45) is -0.849. The molecule has 1 heterocycles. The van der Waals surface area contributed by atoms with Crippen LogP contribution in [0, 0.1) is 5.82 Å². The Balaban J connectivity index is 2.43. The van der Waals surface area contributed by atoms with Crippen molar-refractivity contribution in [2.75, 3.05) is 7.11 Å². The average Bonchev–Trinajstić information content (AvgIpc) is 2.61. The number of amides is 1. The number of nitrogens with zero attached hydrogens (tertiary/aromatic N) is 2. The van der Waals surface area contributed by atoms with Crippen molar-refractivity contribution < 1.29 is 27.3 Å². The van der Waals surface area contributed by atoms with Gasteiger partial charge in [-0.05, 0) is 45.4 Å². The highest BCUT2D eigenvalue weighted by Crippen LogP contribution is 2.39. The number of aliphatic imine (C=N–C) groups is 1. The van der Waals surface area contributed by atoms with Crippen molar-refractivity contribution in [2.45, 2.75) is 44.1 Å². The predicted molar refractivity (Wildman–Crippen MR) is 109 cm³/mol. The largest absolute Gasteiger partial charge is 0.468 e. The molecule has 0 N–H and O–H groups in total. The normalized spacial score (nSPS) is 19.6. The monoisotopic (exact) mass is 496 g/mol. The lowest BCUT2D eigenvalue weighted by atomic mass is 10.0. The van der Waals surface area contributed by atoms with Crippen LogP contribution in [0.1, 0.15) is 38.8 Å². The highest BCUT2D eigenvalue weighted by atomic mass is 79.9. The molecule has 0 radical (unpaired) electrons. The van der Waals surface area contributed by atoms with Crippen LogP contribution in [-0.4, -0.2) is 39.5 Å². The SMILES string of the molecule is COC(=O)C1CC(c2cc(Br)ccc2F)N=C(N(SF)C(=O)OC(C)(C)C)S1. The van der Waals surface area contributed by atoms with Crippen molar-refractivity contribution in [3.63, 3.8) is 0 Å². The van der Waals surface area contributed by atoms with Gasteiger partial charge in [0.05, 0.1) is 13.2 Å². The lowest BCUT2D eigenvalue weighted by Gasteiger charge is -2.30. The van der Waals surface area contributed by atoms with Crippen molar-refractivity contribution in [1.29, 1.82) is 0 Å². The van der Waals surface area contributed by atoms with Crippen LogP contribution < -0.4 is 0 Å². The highest BCUT2D eigenvalue weighted by Gasteiger charge is 2.38. The number of benzene rings is 1. The Hall–Kier alpha value is -1.33. The Morgan fingerprint density at radius 1 is 1.39 bits per heavy atom. The van der Waals surface area contributed by atoms with E-state index in [9.17, 15) is 17.9 Å². The maximum atomic E-state index is 14.4. The minimum absolute atomic E-state index is 0.104. The molecule has 11 heteroatoms. The second kappa shape index (κ2) is 9.45. The minimum Gasteiger partial charge on any atom is -0.468 e. The number of thioether (sulfide) groups is 1. The molecular formula is C17H19BrF2N2O4S2. The maximum absolute atomic E-state index is 14.4. The van der Waals surface area contributed by atoms with E-state index < -0.39 is 47.1 Å². The van der Waals surface area contributed by atoms with Crippen LogP contribution in [0.3, 0.4) is 0 Å². The van der Waals surface area contributed by atoms with E-state index in [0.717, 1.165) is 11.8 Å². The van der Waals surface area contributed by atoms with Gasteiger partial charge in [0, 0.05) is 10.0 Å². The number of methoxy groups -OCH3 is 1. The summed E-state index contributed by atoms with van der Waals surface area (Å²) in [5.41, 5.74) is -0.642. The zero-order chi connectivity index (χ0) is 21.1. The number of esters is 1. The molecule has 28 heavy (non-hydrogen) atoms. The van der Waals surface area contributed by atoms with Gasteiger partial charge in [0.1, 0.15) is 16.7 Å². The van der Waals surface area contributed by atoms with Crippen molar-refractivity contribution in [1.82, 2.24) is 4.31 Å². The molecule has 0 spiro atoms. The summed E-state index contributed by atoms with van der Waals surface area (Å²) in [5.74, 6) is -1.10. The first-order valence-electron chi connectivity index (χ1n) is 8.14. The van der Waals surface area contributed by atoms with E-state index in [4.69, 9.17) is 9.47 Å². The number of carbonyl (C=O) groups is 2. The number of hydrogen-bond acceptors (Lipinski definition) is 7. The molecule has 0 aromatic heterocycles. The molecule has 2 atom stereocenters. The second-order valence-corrected chi connectivity index (χ2v) is 9.39. The van der Waals surface area contributed by atoms with Gasteiger partial charge in [0.2, 0.25) is 0 Å². The summed E-state index contributed by atoms with van der Waals surface area (Å²) in [6, 6.07) is 3.52. The fraction of sp³-hybridized carbons (Fsp3) is 0.471. The minimum atomic E-state index is -0.981. The van der Waals surface area contributed by atoms with Gasteiger partial charge in [0.25, 0.3) is 0 Å². The van der Waals surface area contributed by atoms with Gasteiger partial charge < -0.3 is 9.47 Å². The molecule has 0 fully saturated rings. The Kier molecular flexibility index (Phi) is 7.74. The van der Waals surface area contributed by atoms with Crippen LogP contribution in [0.15, 0.2) is 27.7 Å². The van der Waals surface area contributed by atoms with Crippen LogP contribution in [-0.2, 0) is 14.3 Å². The number of carbonyl (C=O) groups excluding carboxylic acids is 2. The highest BCUT2D eigenvalue weighted by molar-refractivity contribution is 9.10. The second-order valence-electron chi connectivity index (χ2n) is 6.80. The van der Waals surface area contributed by atoms with E-state index in [2.05, 4.69) is 20.9 Å². The Morgan fingerprint density at radius 2 is 2.07 bits per heavy atom. The molecule has 1 aliphatic heterocycles. The molecule has 0 bridgehead atoms. The topological polar surface area (TPSA) is 68.2 Å². The van der Waals surface area contributed by atoms with Crippen molar-refractivity contribution in [3.05, 3.63) is 34.1 Å². The third-order valence-electron chi connectivity index (χ3n) is 3.53. The molecule has 154 valence electrons. The molecule has 0 saturated carbocycles. The smallest absolute Gasteiger partial charge is 0.428 e. The fourth-order valence-corrected chi connectivity index (χ4v) is 4.25. The van der Waals surface area contributed by atoms with Gasteiger partial charge in [0.15, 0.2) is 17.5 Å². The molecule has 0 saturated heterocycles. The average molecular weight is 497 g/mol. The molecule has 1 aliphatic rings. The standard InChI is InChI=1S/C17H19BrF2N2O4S2/c1-17(2,3)26-16(24)22(28-20)15-21-12(8-13(27-15)14(23)25-4)10-7-9(18)5-6-11(10)19/h5-7,12-13H,8H2,1-4H3. The molecule has 2 unspecified atom stereocenters. The number of ether oxygens (including phenoxy) is 2. The van der Waals surface area contributed by atoms with Crippen LogP contribution in [0.25, 0.3) is 0 Å². The van der Waals surface area contributed by atoms with Crippen molar-refractivity contribution in [2.24, 2.45) is 4.99 Å². The van der Waals surface area contributed by atoms with E-state index in [1.807, 2.05) is 0 Å². The van der Waals surface area contributed by atoms with Crippen LogP contribution >= 0.6 is 40.0 Å². The number of amidine groups is 1. The van der Waals surface area contributed by atoms with E-state index in [1.165, 1.54) is 25.3 Å². The lowest BCUT2D eigenvalue weighted by Crippen LogP contribution is -2.38. The number of rotatable bonds is 3. The Morgan fingerprint density at radius 3 is 2.64 bits per heavy atom. The van der Waals surface area contributed by atoms with Crippen LogP contribution in [0.2, 0.25) is 0 Å². The third kappa shape index (κ3) is 5.84. The molecule has 1 aromatic carbocycles. The van der Waals surface area contributed by atoms with Gasteiger partial charge >= 0.3 is 12.1 Å². The van der Waals surface area contributed by atoms with Crippen molar-refractivity contribution in [3.8, 4) is 0 Å². The van der Waals surface area contributed by atoms with E-state index in [0.29, 0.717) is 8.78 Å². The number of hydrogen-bond donors (Lipinski definition) is 0. The maximum Gasteiger partial charge on any atom is 0.428 e. The van der Waals surface area contributed by atoms with Gasteiger partial charge in [-0.15, -0.1) is 3.89 Å². The Bertz CT molecular complexity index is 789. The molecule has 0 aliphatic carbocycles. The van der Waals surface area contributed by atoms with E-state index in [-0.39, 0.29) is 17.2 Å². The molecule has 2 rings (SSSR count). The zero-order valence-corrected chi connectivity index (χ0v) is 18.8. The van der Waals surface area contributed by atoms with Crippen LogP contribution in [0.5, 0.6) is 0 Å². The number of halogens is 3. The zero-order valence-electron chi connectivity index (χ0n) is 15.6. The first-order valence-corrected chi connectivity index (χ1v) is 10.5. The van der Waals surface area contributed by atoms with Crippen LogP contribution in [0.4, 0.5) is 13.1 Å². The fourth-order valence-electron chi connectivity index (χ4n) is 2.38.